The maximum Gasteiger partial charge on any atom is 0.203 e. The highest BCUT2D eigenvalue weighted by Crippen LogP contribution is 2.40. The van der Waals surface area contributed by atoms with Crippen molar-refractivity contribution in [1.82, 2.24) is 9.97 Å². The number of nitrogens with one attached hydrogen (secondary N) is 1. The molecule has 1 aliphatic rings. The van der Waals surface area contributed by atoms with Crippen molar-refractivity contribution in [2.45, 2.75) is 38.1 Å². The lowest BCUT2D eigenvalue weighted by atomic mass is 9.75. The second-order valence-corrected chi connectivity index (χ2v) is 4.25. The molecule has 1 heterocycles. The molecule has 5 nitrogen and oxygen atoms in total. The van der Waals surface area contributed by atoms with Crippen molar-refractivity contribution in [1.29, 1.82) is 0 Å². The van der Waals surface area contributed by atoms with Gasteiger partial charge in [-0.1, -0.05) is 6.92 Å². The zero-order chi connectivity index (χ0) is 11.6. The molecule has 3 N–H and O–H groups in total. The molecule has 1 aromatic heterocycles. The SMILES string of the molecule is CCC1(Nc2ncnc(N)c2OC)CCC1. The highest BCUT2D eigenvalue weighted by molar-refractivity contribution is 5.62. The molecule has 0 bridgehead atoms. The van der Waals surface area contributed by atoms with Crippen molar-refractivity contribution < 1.29 is 4.74 Å². The number of anilines is 2. The summed E-state index contributed by atoms with van der Waals surface area (Å²) in [6, 6.07) is 0. The Morgan fingerprint density at radius 1 is 1.50 bits per heavy atom. The highest BCUT2D eigenvalue weighted by atomic mass is 16.5. The van der Waals surface area contributed by atoms with Gasteiger partial charge in [0.15, 0.2) is 11.6 Å². The Kier molecular flexibility index (Phi) is 2.85. The highest BCUT2D eigenvalue weighted by Gasteiger charge is 2.36. The summed E-state index contributed by atoms with van der Waals surface area (Å²) < 4.78 is 5.22. The summed E-state index contributed by atoms with van der Waals surface area (Å²) in [4.78, 5) is 8.11. The van der Waals surface area contributed by atoms with Crippen molar-refractivity contribution >= 4 is 11.6 Å². The summed E-state index contributed by atoms with van der Waals surface area (Å²) in [5, 5.41) is 3.45. The zero-order valence-electron chi connectivity index (χ0n) is 9.79. The standard InChI is InChI=1S/C11H18N4O/c1-3-11(5-4-6-11)15-10-8(16-2)9(12)13-7-14-10/h7H,3-6H2,1-2H3,(H3,12,13,14,15). The van der Waals surface area contributed by atoms with Crippen LogP contribution in [-0.2, 0) is 0 Å². The van der Waals surface area contributed by atoms with Gasteiger partial charge in [-0.15, -0.1) is 0 Å². The zero-order valence-corrected chi connectivity index (χ0v) is 9.79. The Labute approximate surface area is 95.4 Å². The van der Waals surface area contributed by atoms with Gasteiger partial charge in [-0.3, -0.25) is 0 Å². The number of hydrogen-bond donors (Lipinski definition) is 2. The smallest absolute Gasteiger partial charge is 0.203 e. The van der Waals surface area contributed by atoms with Crippen LogP contribution in [0.5, 0.6) is 5.75 Å². The number of aromatic nitrogens is 2. The largest absolute Gasteiger partial charge is 0.490 e. The third-order valence-electron chi connectivity index (χ3n) is 3.41. The van der Waals surface area contributed by atoms with Gasteiger partial charge in [-0.25, -0.2) is 9.97 Å². The average molecular weight is 222 g/mol. The molecule has 0 radical (unpaired) electrons. The molecule has 88 valence electrons. The molecule has 1 fully saturated rings. The van der Waals surface area contributed by atoms with Crippen LogP contribution in [-0.4, -0.2) is 22.6 Å². The second-order valence-electron chi connectivity index (χ2n) is 4.25. The van der Waals surface area contributed by atoms with Gasteiger partial charge >= 0.3 is 0 Å². The minimum atomic E-state index is 0.175. The Balaban J connectivity index is 2.23. The molecule has 2 rings (SSSR count). The minimum absolute atomic E-state index is 0.175. The molecule has 1 aromatic rings. The van der Waals surface area contributed by atoms with E-state index in [1.807, 2.05) is 0 Å². The first-order valence-corrected chi connectivity index (χ1v) is 5.63. The average Bonchev–Trinajstić information content (AvgIpc) is 2.23. The lowest BCUT2D eigenvalue weighted by Gasteiger charge is -2.42. The van der Waals surface area contributed by atoms with Crippen LogP contribution in [0.25, 0.3) is 0 Å². The Morgan fingerprint density at radius 2 is 2.25 bits per heavy atom. The number of nitrogen functional groups attached to an aromatic ring is 1. The van der Waals surface area contributed by atoms with Gasteiger partial charge in [0.1, 0.15) is 6.33 Å². The molecule has 1 aliphatic carbocycles. The predicted molar refractivity (Wildman–Crippen MR) is 63.5 cm³/mol. The predicted octanol–water partition coefficient (Wildman–Crippen LogP) is 1.81. The van der Waals surface area contributed by atoms with E-state index >= 15 is 0 Å². The van der Waals surface area contributed by atoms with Crippen LogP contribution >= 0.6 is 0 Å². The molecular formula is C11H18N4O. The van der Waals surface area contributed by atoms with Crippen molar-refractivity contribution in [3.05, 3.63) is 6.33 Å². The summed E-state index contributed by atoms with van der Waals surface area (Å²) >= 11 is 0. The number of methoxy groups -OCH3 is 1. The van der Waals surface area contributed by atoms with Crippen LogP contribution in [0.15, 0.2) is 6.33 Å². The molecule has 1 saturated carbocycles. The Hall–Kier alpha value is -1.52. The van der Waals surface area contributed by atoms with Crippen molar-refractivity contribution in [3.63, 3.8) is 0 Å². The van der Waals surface area contributed by atoms with E-state index in [0.717, 1.165) is 6.42 Å². The van der Waals surface area contributed by atoms with Gasteiger partial charge in [-0.05, 0) is 25.7 Å². The number of ether oxygens (including phenoxy) is 1. The van der Waals surface area contributed by atoms with Gasteiger partial charge < -0.3 is 15.8 Å². The number of nitrogens with zero attached hydrogens (tertiary/aromatic N) is 2. The topological polar surface area (TPSA) is 73.1 Å². The van der Waals surface area contributed by atoms with Crippen LogP contribution in [0.4, 0.5) is 11.6 Å². The van der Waals surface area contributed by atoms with Gasteiger partial charge in [-0.2, -0.15) is 0 Å². The Bertz CT molecular complexity index is 371. The maximum atomic E-state index is 5.74. The molecular weight excluding hydrogens is 204 g/mol. The van der Waals surface area contributed by atoms with Gasteiger partial charge in [0.25, 0.3) is 0 Å². The third kappa shape index (κ3) is 1.77. The fourth-order valence-electron chi connectivity index (χ4n) is 2.10. The number of rotatable bonds is 4. The quantitative estimate of drug-likeness (QED) is 0.812. The van der Waals surface area contributed by atoms with Crippen molar-refractivity contribution in [3.8, 4) is 5.75 Å². The molecule has 0 aliphatic heterocycles. The summed E-state index contributed by atoms with van der Waals surface area (Å²) in [6.45, 7) is 2.18. The fourth-order valence-corrected chi connectivity index (χ4v) is 2.10. The van der Waals surface area contributed by atoms with Crippen LogP contribution < -0.4 is 15.8 Å². The van der Waals surface area contributed by atoms with E-state index in [1.54, 1.807) is 7.11 Å². The lowest BCUT2D eigenvalue weighted by molar-refractivity contribution is 0.267. The van der Waals surface area contributed by atoms with Crippen LogP contribution in [0.3, 0.4) is 0 Å². The minimum Gasteiger partial charge on any atom is -0.490 e. The summed E-state index contributed by atoms with van der Waals surface area (Å²) in [6.07, 6.45) is 6.17. The molecule has 0 aromatic carbocycles. The maximum absolute atomic E-state index is 5.74. The molecule has 0 spiro atoms. The fraction of sp³-hybridized carbons (Fsp3) is 0.636. The second kappa shape index (κ2) is 4.15. The third-order valence-corrected chi connectivity index (χ3v) is 3.41. The molecule has 0 atom stereocenters. The van der Waals surface area contributed by atoms with E-state index in [4.69, 9.17) is 10.5 Å². The van der Waals surface area contributed by atoms with E-state index in [9.17, 15) is 0 Å². The van der Waals surface area contributed by atoms with Gasteiger partial charge in [0.2, 0.25) is 5.75 Å². The van der Waals surface area contributed by atoms with E-state index in [0.29, 0.717) is 17.4 Å². The molecule has 0 unspecified atom stereocenters. The van der Waals surface area contributed by atoms with Crippen LogP contribution in [0, 0.1) is 0 Å². The molecule has 0 amide bonds. The molecule has 5 heteroatoms. The number of nitrogens with two attached hydrogens (primary N) is 1. The van der Waals surface area contributed by atoms with Crippen LogP contribution in [0.1, 0.15) is 32.6 Å². The summed E-state index contributed by atoms with van der Waals surface area (Å²) in [5.41, 5.74) is 5.91. The Morgan fingerprint density at radius 3 is 2.75 bits per heavy atom. The normalized spacial score (nSPS) is 17.6. The monoisotopic (exact) mass is 222 g/mol. The van der Waals surface area contributed by atoms with E-state index < -0.39 is 0 Å². The lowest BCUT2D eigenvalue weighted by Crippen LogP contribution is -2.44. The van der Waals surface area contributed by atoms with Crippen molar-refractivity contribution in [2.75, 3.05) is 18.2 Å². The van der Waals surface area contributed by atoms with Gasteiger partial charge in [0, 0.05) is 5.54 Å². The first-order chi connectivity index (χ1) is 7.71. The van der Waals surface area contributed by atoms with E-state index in [-0.39, 0.29) is 5.54 Å². The first kappa shape index (κ1) is 11.0. The van der Waals surface area contributed by atoms with Crippen molar-refractivity contribution in [2.24, 2.45) is 0 Å². The van der Waals surface area contributed by atoms with Gasteiger partial charge in [0.05, 0.1) is 7.11 Å². The van der Waals surface area contributed by atoms with E-state index in [2.05, 4.69) is 22.2 Å². The number of hydrogen-bond acceptors (Lipinski definition) is 5. The molecule has 0 saturated heterocycles. The van der Waals surface area contributed by atoms with E-state index in [1.165, 1.54) is 25.6 Å². The first-order valence-electron chi connectivity index (χ1n) is 5.63. The summed E-state index contributed by atoms with van der Waals surface area (Å²) in [5.74, 6) is 1.63. The summed E-state index contributed by atoms with van der Waals surface area (Å²) in [7, 11) is 1.58. The van der Waals surface area contributed by atoms with Crippen LogP contribution in [0.2, 0.25) is 0 Å². The molecule has 16 heavy (non-hydrogen) atoms.